The molecule has 0 aromatic heterocycles. The number of methoxy groups -OCH3 is 2. The molecule has 0 radical (unpaired) electrons. The van der Waals surface area contributed by atoms with E-state index in [1.807, 2.05) is 37.0 Å². The third-order valence-corrected chi connectivity index (χ3v) is 44.0. The fraction of sp³-hybridized carbons (Fsp3) is 0.818. The van der Waals surface area contributed by atoms with Crippen LogP contribution in [0.1, 0.15) is 171 Å². The Hall–Kier alpha value is -0.666. The standard InChI is InChI=1S/C66H129IO11Si5/c1-27-52(16)57(75-80(28-2,29-3)30-4)44-43-50(14)41-40-42-58(76-81(31-5,32-6)33-7)60(72-24)47-61(73-65(70)53(17)45-51(15)48-67)64(78-83(37-11,38-12)39-13)63(69)55(19)62(68)54(18)59(77-82(34-8,35-9)36-10)46-56(49-71-23)74-79(25,26)66(20,21)22/h27,41,43-45,48,52,54-62,64,68H,1,28-40,42,46-47,49H2,2-26H3/b44-43+,50-41+,51-48+,53-45+/t52-,54+,55-,56-,57-,58+,59-,60+,61+,62+,64-/m1/s1. The van der Waals surface area contributed by atoms with Gasteiger partial charge in [-0.1, -0.05) is 177 Å². The van der Waals surface area contributed by atoms with Gasteiger partial charge in [0.05, 0.1) is 43.2 Å². The van der Waals surface area contributed by atoms with Gasteiger partial charge in [-0.3, -0.25) is 4.79 Å². The molecule has 0 bridgehead atoms. The van der Waals surface area contributed by atoms with E-state index in [-0.39, 0.29) is 41.5 Å². The maximum absolute atomic E-state index is 16.0. The summed E-state index contributed by atoms with van der Waals surface area (Å²) in [4.78, 5) is 30.7. The minimum absolute atomic E-state index is 0.0377. The predicted molar refractivity (Wildman–Crippen MR) is 375 cm³/mol. The molecule has 11 nitrogen and oxygen atoms in total. The van der Waals surface area contributed by atoms with Crippen molar-refractivity contribution < 1.29 is 51.0 Å². The van der Waals surface area contributed by atoms with E-state index in [0.29, 0.717) is 31.4 Å². The first-order valence-corrected chi connectivity index (χ1v) is 46.9. The molecule has 0 unspecified atom stereocenters. The Bertz CT molecular complexity index is 1940. The second kappa shape index (κ2) is 40.2. The van der Waals surface area contributed by atoms with Crippen LogP contribution in [0.2, 0.25) is 90.7 Å². The van der Waals surface area contributed by atoms with Crippen LogP contribution in [0.25, 0.3) is 0 Å². The molecule has 0 rings (SSSR count). The number of allylic oxidation sites excluding steroid dienone is 5. The monoisotopic (exact) mass is 1360 g/mol. The van der Waals surface area contributed by atoms with Gasteiger partial charge in [0.1, 0.15) is 12.2 Å². The van der Waals surface area contributed by atoms with E-state index in [2.05, 4.69) is 178 Å². The highest BCUT2D eigenvalue weighted by Gasteiger charge is 2.48. The first-order valence-electron chi connectivity index (χ1n) is 32.6. The molecule has 0 aliphatic rings. The van der Waals surface area contributed by atoms with Crippen molar-refractivity contribution in [1.29, 1.82) is 0 Å². The Morgan fingerprint density at radius 2 is 1.08 bits per heavy atom. The Morgan fingerprint density at radius 1 is 0.627 bits per heavy atom. The van der Waals surface area contributed by atoms with Crippen LogP contribution in [0.5, 0.6) is 0 Å². The van der Waals surface area contributed by atoms with E-state index in [0.717, 1.165) is 83.7 Å². The molecular formula is C66H129IO11Si5. The molecule has 0 aliphatic carbocycles. The van der Waals surface area contributed by atoms with Crippen LogP contribution in [-0.4, -0.2) is 128 Å². The number of ketones is 1. The zero-order valence-electron chi connectivity index (χ0n) is 58.0. The van der Waals surface area contributed by atoms with Gasteiger partial charge in [-0.05, 0) is 146 Å². The number of hydrogen-bond donors (Lipinski definition) is 1. The molecule has 11 atom stereocenters. The Balaban J connectivity index is 8.31. The van der Waals surface area contributed by atoms with Gasteiger partial charge in [-0.2, -0.15) is 0 Å². The first kappa shape index (κ1) is 82.3. The Labute approximate surface area is 530 Å². The van der Waals surface area contributed by atoms with E-state index in [1.165, 1.54) is 0 Å². The molecule has 0 fully saturated rings. The van der Waals surface area contributed by atoms with Crippen molar-refractivity contribution in [3.05, 3.63) is 57.8 Å². The number of halogens is 1. The third-order valence-electron chi connectivity index (χ3n) is 19.9. The Morgan fingerprint density at radius 3 is 1.51 bits per heavy atom. The number of hydrogen-bond acceptors (Lipinski definition) is 11. The van der Waals surface area contributed by atoms with Crippen LogP contribution >= 0.6 is 22.6 Å². The van der Waals surface area contributed by atoms with E-state index in [9.17, 15) is 9.90 Å². The van der Waals surface area contributed by atoms with Crippen LogP contribution < -0.4 is 0 Å². The van der Waals surface area contributed by atoms with E-state index in [4.69, 9.17) is 36.3 Å². The predicted octanol–water partition coefficient (Wildman–Crippen LogP) is 18.9. The van der Waals surface area contributed by atoms with Crippen molar-refractivity contribution in [3.8, 4) is 0 Å². The first-order chi connectivity index (χ1) is 38.8. The number of carbonyl (C=O) groups excluding carboxylic acids is 2. The number of aliphatic hydroxyl groups excluding tert-OH is 1. The topological polar surface area (TPSA) is 128 Å². The van der Waals surface area contributed by atoms with Gasteiger partial charge >= 0.3 is 5.97 Å². The van der Waals surface area contributed by atoms with Crippen molar-refractivity contribution in [1.82, 2.24) is 0 Å². The van der Waals surface area contributed by atoms with Crippen molar-refractivity contribution in [3.63, 3.8) is 0 Å². The Kier molecular flexibility index (Phi) is 39.8. The van der Waals surface area contributed by atoms with E-state index in [1.54, 1.807) is 21.1 Å². The van der Waals surface area contributed by atoms with Crippen molar-refractivity contribution >= 4 is 75.9 Å². The lowest BCUT2D eigenvalue weighted by atomic mass is 9.82. The maximum atomic E-state index is 16.0. The van der Waals surface area contributed by atoms with Gasteiger partial charge in [-0.15, -0.1) is 6.58 Å². The quantitative estimate of drug-likeness (QED) is 0.0156. The van der Waals surface area contributed by atoms with Crippen molar-refractivity contribution in [2.45, 2.75) is 311 Å². The average molecular weight is 1370 g/mol. The number of esters is 1. The lowest BCUT2D eigenvalue weighted by molar-refractivity contribution is -0.160. The van der Waals surface area contributed by atoms with Gasteiger partial charge in [0, 0.05) is 44.0 Å². The fourth-order valence-electron chi connectivity index (χ4n) is 11.3. The van der Waals surface area contributed by atoms with Crippen molar-refractivity contribution in [2.24, 2.45) is 17.8 Å². The molecule has 486 valence electrons. The molecule has 0 saturated heterocycles. The normalized spacial score (nSPS) is 18.0. The minimum atomic E-state index is -2.64. The number of Topliss-reactive ketones (excluding diaryl/α,β-unsaturated/α-hetero) is 1. The smallest absolute Gasteiger partial charge is 0.334 e. The summed E-state index contributed by atoms with van der Waals surface area (Å²) in [5.41, 5.74) is 2.44. The molecule has 0 amide bonds. The highest BCUT2D eigenvalue weighted by molar-refractivity contribution is 14.1. The summed E-state index contributed by atoms with van der Waals surface area (Å²) >= 11 is 2.18. The minimum Gasteiger partial charge on any atom is -0.456 e. The zero-order valence-corrected chi connectivity index (χ0v) is 65.1. The molecule has 17 heteroatoms. The van der Waals surface area contributed by atoms with Crippen LogP contribution in [0, 0.1) is 17.8 Å². The molecular weight excluding hydrogens is 1240 g/mol. The lowest BCUT2D eigenvalue weighted by Crippen LogP contribution is -2.55. The van der Waals surface area contributed by atoms with E-state index < -0.39 is 89.9 Å². The SMILES string of the molecule is C=C[C@@H](C)[C@@H](/C=C/C(C)=C/CC[C@H](O[Si](CC)(CC)CC)[C@H](C[C@H](OC(=O)/C(C)=C/C(C)=C/I)[C@@H](O[Si](CC)(CC)CC)C(=O)[C@H](C)[C@@H](O)[C@@H](C)[C@@H](C[C@H](COC)O[Si](C)(C)C(C)(C)C)O[Si](CC)(CC)CC)OC)O[Si](CC)(CC)CC. The molecule has 0 aromatic carbocycles. The summed E-state index contributed by atoms with van der Waals surface area (Å²) in [6.45, 7) is 54.2. The highest BCUT2D eigenvalue weighted by atomic mass is 127. The van der Waals surface area contributed by atoms with Gasteiger partial charge in [0.25, 0.3) is 0 Å². The maximum Gasteiger partial charge on any atom is 0.334 e. The van der Waals surface area contributed by atoms with Gasteiger partial charge in [0.15, 0.2) is 47.4 Å². The molecule has 1 N–H and O–H groups in total. The second-order valence-corrected chi connectivity index (χ2v) is 50.0. The molecule has 0 aromatic rings. The number of ether oxygens (including phenoxy) is 3. The van der Waals surface area contributed by atoms with Crippen LogP contribution in [-0.2, 0) is 45.9 Å². The van der Waals surface area contributed by atoms with Gasteiger partial charge < -0.3 is 41.4 Å². The van der Waals surface area contributed by atoms with Crippen LogP contribution in [0.4, 0.5) is 0 Å². The summed E-state index contributed by atoms with van der Waals surface area (Å²) in [5, 5.41) is 12.9. The highest BCUT2D eigenvalue weighted by Crippen LogP contribution is 2.40. The van der Waals surface area contributed by atoms with E-state index >= 15 is 4.79 Å². The molecule has 0 spiro atoms. The van der Waals surface area contributed by atoms with Gasteiger partial charge in [0.2, 0.25) is 0 Å². The average Bonchev–Trinajstić information content (AvgIpc) is 3.66. The summed E-state index contributed by atoms with van der Waals surface area (Å²) in [6.07, 6.45) is 7.34. The largest absolute Gasteiger partial charge is 0.456 e. The molecule has 0 saturated carbocycles. The molecule has 0 aliphatic heterocycles. The second-order valence-electron chi connectivity index (χ2n) is 25.8. The summed E-state index contributed by atoms with van der Waals surface area (Å²) in [7, 11) is -7.93. The van der Waals surface area contributed by atoms with Crippen molar-refractivity contribution in [2.75, 3.05) is 20.8 Å². The number of aliphatic hydroxyl groups is 1. The zero-order chi connectivity index (χ0) is 64.2. The molecule has 0 heterocycles. The summed E-state index contributed by atoms with van der Waals surface area (Å²) in [5.74, 6) is -2.08. The van der Waals surface area contributed by atoms with Crippen LogP contribution in [0.3, 0.4) is 0 Å². The number of carbonyl (C=O) groups is 2. The lowest BCUT2D eigenvalue weighted by Gasteiger charge is -2.43. The van der Waals surface area contributed by atoms with Crippen LogP contribution in [0.15, 0.2) is 57.8 Å². The molecule has 83 heavy (non-hydrogen) atoms. The summed E-state index contributed by atoms with van der Waals surface area (Å²) in [6, 6.07) is 11.1. The van der Waals surface area contributed by atoms with Gasteiger partial charge in [-0.25, -0.2) is 4.79 Å². The third kappa shape index (κ3) is 25.6. The number of rotatable bonds is 46. The summed E-state index contributed by atoms with van der Waals surface area (Å²) < 4.78 is 57.5. The fourth-order valence-corrected chi connectivity index (χ4v) is 24.3.